The number of hydrogen-bond acceptors (Lipinski definition) is 3. The number of halogens is 3. The number of nitrogens with zero attached hydrogens (tertiary/aromatic N) is 3. The summed E-state index contributed by atoms with van der Waals surface area (Å²) in [7, 11) is 0. The van der Waals surface area contributed by atoms with Crippen LogP contribution in [0.15, 0.2) is 72.4 Å². The van der Waals surface area contributed by atoms with Crippen molar-refractivity contribution < 1.29 is 13.2 Å². The van der Waals surface area contributed by atoms with E-state index in [0.717, 1.165) is 23.4 Å². The Morgan fingerprint density at radius 3 is 2.52 bits per heavy atom. The quantitative estimate of drug-likeness (QED) is 0.549. The summed E-state index contributed by atoms with van der Waals surface area (Å²) in [5.41, 5.74) is 4.72. The average molecular weight is 344 g/mol. The van der Waals surface area contributed by atoms with E-state index in [1.807, 2.05) is 35.0 Å². The van der Waals surface area contributed by atoms with E-state index in [1.54, 1.807) is 19.4 Å². The van der Waals surface area contributed by atoms with E-state index in [9.17, 15) is 13.2 Å². The van der Waals surface area contributed by atoms with Crippen LogP contribution in [0.2, 0.25) is 0 Å². The van der Waals surface area contributed by atoms with E-state index >= 15 is 0 Å². The van der Waals surface area contributed by atoms with Crippen LogP contribution in [-0.2, 0) is 6.18 Å². The zero-order valence-electron chi connectivity index (χ0n) is 13.3. The number of nitrogens with one attached hydrogen (secondary N) is 1. The molecular formula is C18H15F3N4. The molecule has 0 saturated heterocycles. The lowest BCUT2D eigenvalue weighted by Crippen LogP contribution is -2.05. The lowest BCUT2D eigenvalue weighted by atomic mass is 10.1. The van der Waals surface area contributed by atoms with Gasteiger partial charge in [0.15, 0.2) is 0 Å². The maximum atomic E-state index is 12.7. The first-order valence-electron chi connectivity index (χ1n) is 7.50. The van der Waals surface area contributed by atoms with Gasteiger partial charge in [0.2, 0.25) is 0 Å². The molecule has 0 aliphatic heterocycles. The fourth-order valence-electron chi connectivity index (χ4n) is 2.26. The predicted molar refractivity (Wildman–Crippen MR) is 90.8 cm³/mol. The highest BCUT2D eigenvalue weighted by Crippen LogP contribution is 2.30. The standard InChI is InChI=1S/C18H15F3N4/c1-13(14-5-7-17(8-6-14)25-10-9-22-12-25)23-24-16-4-2-3-15(11-16)18(19,20)21/h2-12,24H,1H3. The molecule has 0 radical (unpaired) electrons. The van der Waals surface area contributed by atoms with Crippen molar-refractivity contribution in [1.29, 1.82) is 0 Å². The summed E-state index contributed by atoms with van der Waals surface area (Å²) < 4.78 is 40.0. The number of anilines is 1. The molecular weight excluding hydrogens is 329 g/mol. The van der Waals surface area contributed by atoms with Crippen LogP contribution >= 0.6 is 0 Å². The first-order chi connectivity index (χ1) is 11.9. The third-order valence-electron chi connectivity index (χ3n) is 3.63. The number of hydrogen-bond donors (Lipinski definition) is 1. The summed E-state index contributed by atoms with van der Waals surface area (Å²) in [6, 6.07) is 12.5. The van der Waals surface area contributed by atoms with Gasteiger partial charge < -0.3 is 4.57 Å². The van der Waals surface area contributed by atoms with Gasteiger partial charge in [-0.2, -0.15) is 18.3 Å². The van der Waals surface area contributed by atoms with Gasteiger partial charge >= 0.3 is 6.18 Å². The largest absolute Gasteiger partial charge is 0.416 e. The molecule has 1 N–H and O–H groups in total. The molecule has 4 nitrogen and oxygen atoms in total. The van der Waals surface area contributed by atoms with Crippen LogP contribution in [0.1, 0.15) is 18.1 Å². The van der Waals surface area contributed by atoms with Crippen molar-refractivity contribution in [1.82, 2.24) is 9.55 Å². The van der Waals surface area contributed by atoms with Crippen molar-refractivity contribution in [3.05, 3.63) is 78.4 Å². The minimum atomic E-state index is -4.38. The Labute approximate surface area is 142 Å². The van der Waals surface area contributed by atoms with Crippen molar-refractivity contribution in [2.24, 2.45) is 5.10 Å². The molecule has 0 fully saturated rings. The lowest BCUT2D eigenvalue weighted by molar-refractivity contribution is -0.137. The molecule has 0 bridgehead atoms. The Morgan fingerprint density at radius 2 is 1.88 bits per heavy atom. The predicted octanol–water partition coefficient (Wildman–Crippen LogP) is 4.73. The third kappa shape index (κ3) is 4.06. The Morgan fingerprint density at radius 1 is 1.12 bits per heavy atom. The van der Waals surface area contributed by atoms with Crippen molar-refractivity contribution in [3.8, 4) is 5.69 Å². The number of hydrazone groups is 1. The van der Waals surface area contributed by atoms with Gasteiger partial charge in [-0.3, -0.25) is 5.43 Å². The van der Waals surface area contributed by atoms with E-state index in [2.05, 4.69) is 15.5 Å². The molecule has 2 aromatic carbocycles. The highest BCUT2D eigenvalue weighted by molar-refractivity contribution is 5.99. The summed E-state index contributed by atoms with van der Waals surface area (Å²) in [5.74, 6) is 0. The molecule has 0 saturated carbocycles. The summed E-state index contributed by atoms with van der Waals surface area (Å²) >= 11 is 0. The SMILES string of the molecule is CC(=NNc1cccc(C(F)(F)F)c1)c1ccc(-n2ccnc2)cc1. The van der Waals surface area contributed by atoms with Gasteiger partial charge in [0.1, 0.15) is 0 Å². The molecule has 1 heterocycles. The molecule has 0 aliphatic rings. The van der Waals surface area contributed by atoms with Crippen molar-refractivity contribution in [2.45, 2.75) is 13.1 Å². The zero-order chi connectivity index (χ0) is 17.9. The minimum absolute atomic E-state index is 0.282. The highest BCUT2D eigenvalue weighted by atomic mass is 19.4. The lowest BCUT2D eigenvalue weighted by Gasteiger charge is -2.09. The summed E-state index contributed by atoms with van der Waals surface area (Å²) in [4.78, 5) is 3.99. The second kappa shape index (κ2) is 6.80. The van der Waals surface area contributed by atoms with Crippen LogP contribution in [0.3, 0.4) is 0 Å². The number of benzene rings is 2. The van der Waals surface area contributed by atoms with Gasteiger partial charge in [-0.25, -0.2) is 4.98 Å². The van der Waals surface area contributed by atoms with E-state index in [-0.39, 0.29) is 5.69 Å². The van der Waals surface area contributed by atoms with Gasteiger partial charge in [-0.05, 0) is 42.8 Å². The number of imidazole rings is 1. The summed E-state index contributed by atoms with van der Waals surface area (Å²) in [5, 5.41) is 4.16. The monoisotopic (exact) mass is 344 g/mol. The first kappa shape index (κ1) is 16.8. The van der Waals surface area contributed by atoms with Gasteiger partial charge in [0, 0.05) is 18.1 Å². The van der Waals surface area contributed by atoms with Gasteiger partial charge in [0.25, 0.3) is 0 Å². The molecule has 25 heavy (non-hydrogen) atoms. The van der Waals surface area contributed by atoms with E-state index in [1.165, 1.54) is 12.1 Å². The van der Waals surface area contributed by atoms with Crippen LogP contribution < -0.4 is 5.43 Å². The Bertz CT molecular complexity index is 866. The molecule has 128 valence electrons. The van der Waals surface area contributed by atoms with Crippen LogP contribution in [-0.4, -0.2) is 15.3 Å². The summed E-state index contributed by atoms with van der Waals surface area (Å²) in [6.45, 7) is 1.78. The third-order valence-corrected chi connectivity index (χ3v) is 3.63. The molecule has 7 heteroatoms. The van der Waals surface area contributed by atoms with Gasteiger partial charge in [-0.15, -0.1) is 0 Å². The van der Waals surface area contributed by atoms with Crippen molar-refractivity contribution in [2.75, 3.05) is 5.43 Å². The number of alkyl halides is 3. The second-order valence-corrected chi connectivity index (χ2v) is 5.40. The Kier molecular flexibility index (Phi) is 4.56. The molecule has 3 aromatic rings. The molecule has 3 rings (SSSR count). The fourth-order valence-corrected chi connectivity index (χ4v) is 2.26. The Hall–Kier alpha value is -3.09. The first-order valence-corrected chi connectivity index (χ1v) is 7.50. The van der Waals surface area contributed by atoms with Crippen molar-refractivity contribution in [3.63, 3.8) is 0 Å². The van der Waals surface area contributed by atoms with Crippen LogP contribution in [0.4, 0.5) is 18.9 Å². The Balaban J connectivity index is 1.74. The van der Waals surface area contributed by atoms with E-state index < -0.39 is 11.7 Å². The zero-order valence-corrected chi connectivity index (χ0v) is 13.3. The fraction of sp³-hybridized carbons (Fsp3) is 0.111. The van der Waals surface area contributed by atoms with Crippen LogP contribution in [0, 0.1) is 0 Å². The van der Waals surface area contributed by atoms with Gasteiger partial charge in [-0.1, -0.05) is 18.2 Å². The van der Waals surface area contributed by atoms with Crippen molar-refractivity contribution >= 4 is 11.4 Å². The van der Waals surface area contributed by atoms with Crippen LogP contribution in [0.5, 0.6) is 0 Å². The summed E-state index contributed by atoms with van der Waals surface area (Å²) in [6.07, 6.45) is 0.857. The second-order valence-electron chi connectivity index (χ2n) is 5.40. The number of rotatable bonds is 4. The smallest absolute Gasteiger partial charge is 0.306 e. The number of aromatic nitrogens is 2. The average Bonchev–Trinajstić information content (AvgIpc) is 3.14. The molecule has 0 atom stereocenters. The maximum absolute atomic E-state index is 12.7. The van der Waals surface area contributed by atoms with Gasteiger partial charge in [0.05, 0.1) is 23.3 Å². The minimum Gasteiger partial charge on any atom is -0.306 e. The van der Waals surface area contributed by atoms with E-state index in [4.69, 9.17) is 0 Å². The molecule has 1 aromatic heterocycles. The molecule has 0 aliphatic carbocycles. The molecule has 0 unspecified atom stereocenters. The topological polar surface area (TPSA) is 42.2 Å². The molecule has 0 amide bonds. The molecule has 0 spiro atoms. The normalized spacial score (nSPS) is 12.2. The van der Waals surface area contributed by atoms with E-state index in [0.29, 0.717) is 5.71 Å². The maximum Gasteiger partial charge on any atom is 0.416 e. The van der Waals surface area contributed by atoms with Crippen LogP contribution in [0.25, 0.3) is 5.69 Å². The highest BCUT2D eigenvalue weighted by Gasteiger charge is 2.30.